The van der Waals surface area contributed by atoms with Crippen LogP contribution in [0.25, 0.3) is 0 Å². The summed E-state index contributed by atoms with van der Waals surface area (Å²) in [6, 6.07) is 0. The summed E-state index contributed by atoms with van der Waals surface area (Å²) in [5.74, 6) is 0.680. The van der Waals surface area contributed by atoms with E-state index in [-0.39, 0.29) is 5.97 Å². The zero-order valence-electron chi connectivity index (χ0n) is 10.1. The fraction of sp³-hybridized carbons (Fsp3) is 0.917. The van der Waals surface area contributed by atoms with Gasteiger partial charge in [0.05, 0.1) is 7.11 Å². The Morgan fingerprint density at radius 2 is 2.00 bits per heavy atom. The van der Waals surface area contributed by atoms with Crippen LogP contribution in [0.1, 0.15) is 46.0 Å². The van der Waals surface area contributed by atoms with Crippen LogP contribution in [-0.4, -0.2) is 25.2 Å². The van der Waals surface area contributed by atoms with Crippen molar-refractivity contribution in [3.63, 3.8) is 0 Å². The molecule has 1 aliphatic rings. The molecule has 0 atom stereocenters. The molecule has 0 aromatic rings. The van der Waals surface area contributed by atoms with Crippen LogP contribution in [-0.2, 0) is 9.53 Å². The zero-order valence-corrected chi connectivity index (χ0v) is 10.1. The molecule has 0 unspecified atom stereocenters. The van der Waals surface area contributed by atoms with Crippen LogP contribution in [0.4, 0.5) is 0 Å². The van der Waals surface area contributed by atoms with Crippen LogP contribution >= 0.6 is 0 Å². The van der Waals surface area contributed by atoms with E-state index >= 15 is 0 Å². The molecule has 15 heavy (non-hydrogen) atoms. The standard InChI is InChI=1S/C12H23NO2/c1-12(2,11(14)15-3)13-9-8-10-6-4-5-7-10/h10,13H,4-9H2,1-3H3. The highest BCUT2D eigenvalue weighted by Crippen LogP contribution is 2.27. The van der Waals surface area contributed by atoms with Crippen molar-refractivity contribution in [3.05, 3.63) is 0 Å². The highest BCUT2D eigenvalue weighted by atomic mass is 16.5. The van der Waals surface area contributed by atoms with Gasteiger partial charge in [0.1, 0.15) is 5.54 Å². The summed E-state index contributed by atoms with van der Waals surface area (Å²) >= 11 is 0. The van der Waals surface area contributed by atoms with Crippen molar-refractivity contribution in [1.29, 1.82) is 0 Å². The molecule has 0 aliphatic heterocycles. The summed E-state index contributed by atoms with van der Waals surface area (Å²) in [5.41, 5.74) is -0.548. The van der Waals surface area contributed by atoms with Gasteiger partial charge in [-0.25, -0.2) is 0 Å². The molecule has 0 spiro atoms. The number of methoxy groups -OCH3 is 1. The minimum Gasteiger partial charge on any atom is -0.468 e. The Morgan fingerprint density at radius 3 is 2.53 bits per heavy atom. The van der Waals surface area contributed by atoms with Gasteiger partial charge < -0.3 is 10.1 Å². The molecule has 88 valence electrons. The quantitative estimate of drug-likeness (QED) is 0.711. The molecule has 0 aromatic heterocycles. The average molecular weight is 213 g/mol. The van der Waals surface area contributed by atoms with Crippen LogP contribution in [0, 0.1) is 5.92 Å². The largest absolute Gasteiger partial charge is 0.468 e. The number of carbonyl (C=O) groups excluding carboxylic acids is 1. The third kappa shape index (κ3) is 3.82. The van der Waals surface area contributed by atoms with Crippen molar-refractivity contribution in [2.75, 3.05) is 13.7 Å². The van der Waals surface area contributed by atoms with Gasteiger partial charge in [0, 0.05) is 0 Å². The predicted molar refractivity (Wildman–Crippen MR) is 60.7 cm³/mol. The maximum atomic E-state index is 11.4. The molecule has 0 radical (unpaired) electrons. The molecule has 3 nitrogen and oxygen atoms in total. The average Bonchev–Trinajstić information content (AvgIpc) is 2.69. The first-order valence-electron chi connectivity index (χ1n) is 5.89. The first-order valence-corrected chi connectivity index (χ1v) is 5.89. The second-order valence-corrected chi connectivity index (χ2v) is 4.98. The van der Waals surface area contributed by atoms with Crippen molar-refractivity contribution in [3.8, 4) is 0 Å². The SMILES string of the molecule is COC(=O)C(C)(C)NCCC1CCCC1. The summed E-state index contributed by atoms with van der Waals surface area (Å²) in [6.07, 6.45) is 6.66. The van der Waals surface area contributed by atoms with E-state index in [1.807, 2.05) is 13.8 Å². The summed E-state index contributed by atoms with van der Waals surface area (Å²) < 4.78 is 4.74. The fourth-order valence-electron chi connectivity index (χ4n) is 2.22. The lowest BCUT2D eigenvalue weighted by molar-refractivity contribution is -0.147. The maximum absolute atomic E-state index is 11.4. The van der Waals surface area contributed by atoms with E-state index < -0.39 is 5.54 Å². The highest BCUT2D eigenvalue weighted by molar-refractivity contribution is 5.79. The van der Waals surface area contributed by atoms with Crippen molar-refractivity contribution in [2.24, 2.45) is 5.92 Å². The van der Waals surface area contributed by atoms with Crippen LogP contribution in [0.3, 0.4) is 0 Å². The molecule has 0 saturated heterocycles. The normalized spacial score (nSPS) is 18.1. The second kappa shape index (κ2) is 5.50. The molecular weight excluding hydrogens is 190 g/mol. The molecule has 1 aliphatic carbocycles. The van der Waals surface area contributed by atoms with Crippen LogP contribution < -0.4 is 5.32 Å². The Labute approximate surface area is 92.6 Å². The summed E-state index contributed by atoms with van der Waals surface area (Å²) in [4.78, 5) is 11.4. The minimum absolute atomic E-state index is 0.186. The van der Waals surface area contributed by atoms with Gasteiger partial charge in [-0.3, -0.25) is 4.79 Å². The molecule has 3 heteroatoms. The summed E-state index contributed by atoms with van der Waals surface area (Å²) in [6.45, 7) is 4.65. The van der Waals surface area contributed by atoms with Crippen molar-refractivity contribution < 1.29 is 9.53 Å². The Bertz CT molecular complexity index is 208. The molecule has 0 bridgehead atoms. The van der Waals surface area contributed by atoms with Crippen molar-refractivity contribution in [2.45, 2.75) is 51.5 Å². The molecule has 0 amide bonds. The molecule has 1 rings (SSSR count). The number of rotatable bonds is 5. The van der Waals surface area contributed by atoms with E-state index in [2.05, 4.69) is 5.32 Å². The van der Waals surface area contributed by atoms with Crippen LogP contribution in [0.5, 0.6) is 0 Å². The molecular formula is C12H23NO2. The van der Waals surface area contributed by atoms with E-state index in [0.29, 0.717) is 0 Å². The van der Waals surface area contributed by atoms with Gasteiger partial charge in [0.25, 0.3) is 0 Å². The first-order chi connectivity index (χ1) is 7.06. The Balaban J connectivity index is 2.20. The van der Waals surface area contributed by atoms with Gasteiger partial charge in [-0.05, 0) is 32.7 Å². The zero-order chi connectivity index (χ0) is 11.3. The first kappa shape index (κ1) is 12.5. The Hall–Kier alpha value is -0.570. The van der Waals surface area contributed by atoms with E-state index in [1.165, 1.54) is 39.2 Å². The minimum atomic E-state index is -0.548. The lowest BCUT2D eigenvalue weighted by Crippen LogP contribution is -2.48. The number of carbonyl (C=O) groups is 1. The molecule has 0 aromatic carbocycles. The van der Waals surface area contributed by atoms with Crippen molar-refractivity contribution in [1.82, 2.24) is 5.32 Å². The van der Waals surface area contributed by atoms with Gasteiger partial charge in [0.2, 0.25) is 0 Å². The number of nitrogens with one attached hydrogen (secondary N) is 1. The number of ether oxygens (including phenoxy) is 1. The second-order valence-electron chi connectivity index (χ2n) is 4.98. The number of hydrogen-bond donors (Lipinski definition) is 1. The fourth-order valence-corrected chi connectivity index (χ4v) is 2.22. The number of esters is 1. The van der Waals surface area contributed by atoms with Gasteiger partial charge in [-0.2, -0.15) is 0 Å². The van der Waals surface area contributed by atoms with E-state index in [9.17, 15) is 4.79 Å². The highest BCUT2D eigenvalue weighted by Gasteiger charge is 2.28. The van der Waals surface area contributed by atoms with E-state index in [1.54, 1.807) is 0 Å². The van der Waals surface area contributed by atoms with Gasteiger partial charge in [-0.1, -0.05) is 25.7 Å². The smallest absolute Gasteiger partial charge is 0.325 e. The molecule has 1 N–H and O–H groups in total. The van der Waals surface area contributed by atoms with Gasteiger partial charge in [0.15, 0.2) is 0 Å². The molecule has 1 fully saturated rings. The molecule has 1 saturated carbocycles. The maximum Gasteiger partial charge on any atom is 0.325 e. The Kier molecular flexibility index (Phi) is 4.58. The Morgan fingerprint density at radius 1 is 1.40 bits per heavy atom. The molecule has 0 heterocycles. The third-order valence-corrected chi connectivity index (χ3v) is 3.29. The number of hydrogen-bond acceptors (Lipinski definition) is 3. The van der Waals surface area contributed by atoms with Crippen LogP contribution in [0.2, 0.25) is 0 Å². The van der Waals surface area contributed by atoms with Gasteiger partial charge >= 0.3 is 5.97 Å². The predicted octanol–water partition coefficient (Wildman–Crippen LogP) is 2.11. The lowest BCUT2D eigenvalue weighted by Gasteiger charge is -2.23. The van der Waals surface area contributed by atoms with E-state index in [4.69, 9.17) is 4.74 Å². The third-order valence-electron chi connectivity index (χ3n) is 3.29. The topological polar surface area (TPSA) is 38.3 Å². The van der Waals surface area contributed by atoms with E-state index in [0.717, 1.165) is 12.5 Å². The van der Waals surface area contributed by atoms with Crippen molar-refractivity contribution >= 4 is 5.97 Å². The lowest BCUT2D eigenvalue weighted by atomic mass is 10.0. The summed E-state index contributed by atoms with van der Waals surface area (Å²) in [5, 5.41) is 3.26. The monoisotopic (exact) mass is 213 g/mol. The summed E-state index contributed by atoms with van der Waals surface area (Å²) in [7, 11) is 1.43. The van der Waals surface area contributed by atoms with Crippen LogP contribution in [0.15, 0.2) is 0 Å². The van der Waals surface area contributed by atoms with Gasteiger partial charge in [-0.15, -0.1) is 0 Å².